The van der Waals surface area contributed by atoms with E-state index in [0.29, 0.717) is 15.9 Å². The number of hydrogen-bond donors (Lipinski definition) is 1. The molecule has 1 aromatic carbocycles. The summed E-state index contributed by atoms with van der Waals surface area (Å²) in [7, 11) is 0. The molecule has 0 radical (unpaired) electrons. The average molecular weight is 366 g/mol. The van der Waals surface area contributed by atoms with Gasteiger partial charge in [0.1, 0.15) is 16.5 Å². The molecule has 0 amide bonds. The number of thiophene rings is 1. The summed E-state index contributed by atoms with van der Waals surface area (Å²) >= 11 is 4.96. The lowest BCUT2D eigenvalue weighted by atomic mass is 10.2. The van der Waals surface area contributed by atoms with Gasteiger partial charge in [-0.25, -0.2) is 14.4 Å². The van der Waals surface area contributed by atoms with Crippen LogP contribution in [0, 0.1) is 12.7 Å². The Balaban J connectivity index is 2.28. The zero-order valence-corrected chi connectivity index (χ0v) is 14.0. The fourth-order valence-corrected chi connectivity index (χ4v) is 3.57. The molecule has 0 bridgehead atoms. The van der Waals surface area contributed by atoms with Crippen LogP contribution < -0.4 is 5.32 Å². The van der Waals surface area contributed by atoms with Gasteiger partial charge in [0.2, 0.25) is 0 Å². The molecule has 0 fully saturated rings. The van der Waals surface area contributed by atoms with E-state index in [1.165, 1.54) is 6.07 Å². The molecule has 0 atom stereocenters. The number of fused-ring (bicyclic) bond motifs is 1. The van der Waals surface area contributed by atoms with E-state index in [4.69, 9.17) is 0 Å². The van der Waals surface area contributed by atoms with Crippen molar-refractivity contribution >= 4 is 43.3 Å². The van der Waals surface area contributed by atoms with E-state index in [0.717, 1.165) is 27.5 Å². The first-order chi connectivity index (χ1) is 10.1. The molecule has 0 aliphatic carbocycles. The van der Waals surface area contributed by atoms with Crippen molar-refractivity contribution in [2.45, 2.75) is 13.8 Å². The Bertz CT molecular complexity index is 796. The highest BCUT2D eigenvalue weighted by Crippen LogP contribution is 2.34. The molecule has 0 saturated heterocycles. The number of nitrogens with zero attached hydrogens (tertiary/aromatic N) is 2. The predicted octanol–water partition coefficient (Wildman–Crippen LogP) is 5.00. The van der Waals surface area contributed by atoms with Gasteiger partial charge < -0.3 is 5.32 Å². The van der Waals surface area contributed by atoms with Crippen LogP contribution in [0.5, 0.6) is 0 Å². The SMILES string of the molecule is CCNc1nc(-c2c(F)cccc2Br)nc2sc(C)cc12. The monoisotopic (exact) mass is 365 g/mol. The van der Waals surface area contributed by atoms with Gasteiger partial charge in [0.15, 0.2) is 5.82 Å². The van der Waals surface area contributed by atoms with Crippen molar-refractivity contribution in [3.05, 3.63) is 39.4 Å². The molecular formula is C15H13BrFN3S. The Morgan fingerprint density at radius 1 is 1.33 bits per heavy atom. The van der Waals surface area contributed by atoms with E-state index in [1.807, 2.05) is 13.8 Å². The second kappa shape index (κ2) is 5.69. The number of aromatic nitrogens is 2. The molecule has 108 valence electrons. The van der Waals surface area contributed by atoms with Gasteiger partial charge in [-0.15, -0.1) is 11.3 Å². The van der Waals surface area contributed by atoms with Crippen LogP contribution in [-0.2, 0) is 0 Å². The smallest absolute Gasteiger partial charge is 0.167 e. The number of hydrogen-bond acceptors (Lipinski definition) is 4. The second-order valence-electron chi connectivity index (χ2n) is 4.60. The van der Waals surface area contributed by atoms with Crippen LogP contribution in [-0.4, -0.2) is 16.5 Å². The van der Waals surface area contributed by atoms with Crippen molar-refractivity contribution in [1.82, 2.24) is 9.97 Å². The molecule has 2 aromatic heterocycles. The van der Waals surface area contributed by atoms with Gasteiger partial charge in [0.05, 0.1) is 10.9 Å². The lowest BCUT2D eigenvalue weighted by Crippen LogP contribution is -2.02. The van der Waals surface area contributed by atoms with Crippen LogP contribution in [0.3, 0.4) is 0 Å². The van der Waals surface area contributed by atoms with E-state index in [1.54, 1.807) is 23.5 Å². The van der Waals surface area contributed by atoms with Crippen LogP contribution in [0.2, 0.25) is 0 Å². The van der Waals surface area contributed by atoms with Crippen molar-refractivity contribution in [2.75, 3.05) is 11.9 Å². The minimum Gasteiger partial charge on any atom is -0.370 e. The van der Waals surface area contributed by atoms with Crippen molar-refractivity contribution in [3.8, 4) is 11.4 Å². The second-order valence-corrected chi connectivity index (χ2v) is 6.69. The Morgan fingerprint density at radius 3 is 2.86 bits per heavy atom. The maximum atomic E-state index is 14.1. The fourth-order valence-electron chi connectivity index (χ4n) is 2.17. The molecule has 3 aromatic rings. The number of rotatable bonds is 3. The van der Waals surface area contributed by atoms with Crippen molar-refractivity contribution in [1.29, 1.82) is 0 Å². The molecule has 3 nitrogen and oxygen atoms in total. The Morgan fingerprint density at radius 2 is 2.14 bits per heavy atom. The summed E-state index contributed by atoms with van der Waals surface area (Å²) in [5.74, 6) is 0.807. The number of aryl methyl sites for hydroxylation is 1. The molecule has 6 heteroatoms. The third-order valence-corrected chi connectivity index (χ3v) is 4.65. The van der Waals surface area contributed by atoms with E-state index in [-0.39, 0.29) is 5.82 Å². The molecular weight excluding hydrogens is 353 g/mol. The first kappa shape index (κ1) is 14.4. The van der Waals surface area contributed by atoms with E-state index < -0.39 is 0 Å². The minimum absolute atomic E-state index is 0.334. The van der Waals surface area contributed by atoms with Crippen LogP contribution in [0.25, 0.3) is 21.6 Å². The lowest BCUT2D eigenvalue weighted by Gasteiger charge is -2.09. The summed E-state index contributed by atoms with van der Waals surface area (Å²) < 4.78 is 14.8. The Labute approximate surface area is 134 Å². The third kappa shape index (κ3) is 2.65. The molecule has 21 heavy (non-hydrogen) atoms. The topological polar surface area (TPSA) is 37.8 Å². The molecule has 1 N–H and O–H groups in total. The van der Waals surface area contributed by atoms with Gasteiger partial charge >= 0.3 is 0 Å². The van der Waals surface area contributed by atoms with E-state index in [9.17, 15) is 4.39 Å². The minimum atomic E-state index is -0.334. The van der Waals surface area contributed by atoms with Crippen LogP contribution in [0.15, 0.2) is 28.7 Å². The quantitative estimate of drug-likeness (QED) is 0.709. The van der Waals surface area contributed by atoms with Gasteiger partial charge in [0.25, 0.3) is 0 Å². The predicted molar refractivity (Wildman–Crippen MR) is 89.4 cm³/mol. The average Bonchev–Trinajstić information content (AvgIpc) is 2.79. The number of nitrogens with one attached hydrogen (secondary N) is 1. The van der Waals surface area contributed by atoms with Gasteiger partial charge in [-0.05, 0) is 48.0 Å². The van der Waals surface area contributed by atoms with Crippen LogP contribution in [0.4, 0.5) is 10.2 Å². The normalized spacial score (nSPS) is 11.0. The molecule has 3 rings (SSSR count). The number of halogens is 2. The zero-order valence-electron chi connectivity index (χ0n) is 11.6. The molecule has 0 unspecified atom stereocenters. The molecule has 0 aliphatic rings. The van der Waals surface area contributed by atoms with Gasteiger partial charge in [-0.1, -0.05) is 6.07 Å². The van der Waals surface area contributed by atoms with Gasteiger partial charge in [-0.3, -0.25) is 0 Å². The summed E-state index contributed by atoms with van der Waals surface area (Å²) in [5.41, 5.74) is 0.393. The largest absolute Gasteiger partial charge is 0.370 e. The number of benzene rings is 1. The first-order valence-electron chi connectivity index (χ1n) is 6.56. The van der Waals surface area contributed by atoms with E-state index in [2.05, 4.69) is 37.3 Å². The zero-order chi connectivity index (χ0) is 15.0. The first-order valence-corrected chi connectivity index (χ1v) is 8.17. The Kier molecular flexibility index (Phi) is 3.91. The lowest BCUT2D eigenvalue weighted by molar-refractivity contribution is 0.629. The highest BCUT2D eigenvalue weighted by Gasteiger charge is 2.16. The highest BCUT2D eigenvalue weighted by molar-refractivity contribution is 9.10. The fraction of sp³-hybridized carbons (Fsp3) is 0.200. The highest BCUT2D eigenvalue weighted by atomic mass is 79.9. The summed E-state index contributed by atoms with van der Waals surface area (Å²) in [6.07, 6.45) is 0. The summed E-state index contributed by atoms with van der Waals surface area (Å²) in [6.45, 7) is 4.78. The van der Waals surface area contributed by atoms with Crippen molar-refractivity contribution in [2.24, 2.45) is 0 Å². The molecule has 2 heterocycles. The summed E-state index contributed by atoms with van der Waals surface area (Å²) in [6, 6.07) is 6.92. The standard InChI is InChI=1S/C15H13BrFN3S/c1-3-18-13-9-7-8(2)21-15(9)20-14(19-13)12-10(16)5-4-6-11(12)17/h4-7H,3H2,1-2H3,(H,18,19,20). The van der Waals surface area contributed by atoms with Crippen LogP contribution in [0.1, 0.15) is 11.8 Å². The van der Waals surface area contributed by atoms with Gasteiger partial charge in [-0.2, -0.15) is 0 Å². The molecule has 0 aliphatic heterocycles. The maximum absolute atomic E-state index is 14.1. The summed E-state index contributed by atoms with van der Waals surface area (Å²) in [4.78, 5) is 11.1. The maximum Gasteiger partial charge on any atom is 0.167 e. The Hall–Kier alpha value is -1.53. The van der Waals surface area contributed by atoms with E-state index >= 15 is 0 Å². The number of anilines is 1. The molecule has 0 spiro atoms. The van der Waals surface area contributed by atoms with Gasteiger partial charge in [0, 0.05) is 15.9 Å². The third-order valence-electron chi connectivity index (χ3n) is 3.05. The van der Waals surface area contributed by atoms with Crippen molar-refractivity contribution < 1.29 is 4.39 Å². The van der Waals surface area contributed by atoms with Crippen LogP contribution >= 0.6 is 27.3 Å². The molecule has 0 saturated carbocycles. The summed E-state index contributed by atoms with van der Waals surface area (Å²) in [5, 5.41) is 4.21. The van der Waals surface area contributed by atoms with Crippen molar-refractivity contribution in [3.63, 3.8) is 0 Å².